The Hall–Kier alpha value is -2.96. The Labute approximate surface area is 113 Å². The summed E-state index contributed by atoms with van der Waals surface area (Å²) in [7, 11) is 0. The summed E-state index contributed by atoms with van der Waals surface area (Å²) in [5, 5.41) is 14.9. The number of hydrogen-bond acceptors (Lipinski definition) is 6. The Morgan fingerprint density at radius 1 is 1.10 bits per heavy atom. The first-order valence-corrected chi connectivity index (χ1v) is 5.95. The number of anilines is 3. The fourth-order valence-corrected chi connectivity index (χ4v) is 2.07. The van der Waals surface area contributed by atoms with Gasteiger partial charge in [-0.1, -0.05) is 12.1 Å². The average molecular weight is 269 g/mol. The second kappa shape index (κ2) is 4.61. The molecule has 0 spiro atoms. The zero-order chi connectivity index (χ0) is 14.1. The van der Waals surface area contributed by atoms with Gasteiger partial charge in [-0.2, -0.15) is 0 Å². The van der Waals surface area contributed by atoms with Crippen molar-refractivity contribution in [3.8, 4) is 0 Å². The lowest BCUT2D eigenvalue weighted by molar-refractivity contribution is -0.386. The maximum Gasteiger partial charge on any atom is 0.296 e. The van der Waals surface area contributed by atoms with Gasteiger partial charge in [0.05, 0.1) is 22.0 Å². The first kappa shape index (κ1) is 12.1. The number of nitro groups is 1. The molecule has 20 heavy (non-hydrogen) atoms. The number of rotatable bonds is 3. The highest BCUT2D eigenvalue weighted by Gasteiger charge is 2.16. The molecule has 1 aliphatic heterocycles. The van der Waals surface area contributed by atoms with Gasteiger partial charge >= 0.3 is 0 Å². The topological polar surface area (TPSA) is 106 Å². The van der Waals surface area contributed by atoms with Crippen LogP contribution in [-0.4, -0.2) is 11.6 Å². The lowest BCUT2D eigenvalue weighted by Gasteiger charge is -2.08. The molecule has 0 fully saturated rings. The third-order valence-electron chi connectivity index (χ3n) is 3.01. The van der Waals surface area contributed by atoms with Crippen molar-refractivity contribution >= 4 is 22.7 Å². The van der Waals surface area contributed by atoms with E-state index in [-0.39, 0.29) is 12.4 Å². The molecule has 7 heteroatoms. The molecule has 100 valence electrons. The predicted octanol–water partition coefficient (Wildman–Crippen LogP) is 1.13. The Kier molecular flexibility index (Phi) is 2.79. The molecule has 0 saturated carbocycles. The summed E-state index contributed by atoms with van der Waals surface area (Å²) in [6, 6.07) is 10.3. The Balaban J connectivity index is 2.11. The number of nitrogens with two attached hydrogens (primary N) is 1. The van der Waals surface area contributed by atoms with Crippen LogP contribution in [0.1, 0.15) is 0 Å². The van der Waals surface area contributed by atoms with Gasteiger partial charge in [0, 0.05) is 6.07 Å². The molecule has 1 aliphatic rings. The van der Waals surface area contributed by atoms with Crippen LogP contribution in [0.5, 0.6) is 0 Å². The SMILES string of the molecule is Nc1ccccc1Nc1ccc([N+](=O)[O-])c2c1=NCN=2. The van der Waals surface area contributed by atoms with E-state index < -0.39 is 4.92 Å². The van der Waals surface area contributed by atoms with Gasteiger partial charge in [-0.3, -0.25) is 20.1 Å². The molecule has 0 amide bonds. The van der Waals surface area contributed by atoms with Gasteiger partial charge in [-0.15, -0.1) is 0 Å². The van der Waals surface area contributed by atoms with Crippen molar-refractivity contribution in [3.05, 3.63) is 57.2 Å². The van der Waals surface area contributed by atoms with Crippen LogP contribution in [-0.2, 0) is 0 Å². The zero-order valence-corrected chi connectivity index (χ0v) is 10.4. The summed E-state index contributed by atoms with van der Waals surface area (Å²) in [6.45, 7) is 0.207. The number of nitro benzene ring substituents is 1. The standard InChI is InChI=1S/C13H11N5O2/c14-8-3-1-2-4-9(8)17-10-5-6-11(18(19)20)13-12(10)15-7-16-13/h1-6,17H,7,14H2. The number of para-hydroxylation sites is 2. The smallest absolute Gasteiger partial charge is 0.296 e. The van der Waals surface area contributed by atoms with E-state index in [4.69, 9.17) is 5.73 Å². The van der Waals surface area contributed by atoms with Crippen molar-refractivity contribution in [2.24, 2.45) is 9.98 Å². The molecule has 3 rings (SSSR count). The van der Waals surface area contributed by atoms with Crippen molar-refractivity contribution in [2.45, 2.75) is 0 Å². The summed E-state index contributed by atoms with van der Waals surface area (Å²) in [5.74, 6) is 0. The predicted molar refractivity (Wildman–Crippen MR) is 74.4 cm³/mol. The lowest BCUT2D eigenvalue weighted by Crippen LogP contribution is -2.27. The number of nitrogens with one attached hydrogen (secondary N) is 1. The summed E-state index contributed by atoms with van der Waals surface area (Å²) in [4.78, 5) is 18.8. The van der Waals surface area contributed by atoms with E-state index in [0.717, 1.165) is 5.69 Å². The maximum atomic E-state index is 10.9. The Bertz CT molecular complexity index is 816. The highest BCUT2D eigenvalue weighted by molar-refractivity contribution is 5.72. The molecule has 2 aromatic carbocycles. The molecule has 0 saturated heterocycles. The second-order valence-electron chi connectivity index (χ2n) is 4.26. The summed E-state index contributed by atoms with van der Waals surface area (Å²) in [6.07, 6.45) is 0. The lowest BCUT2D eigenvalue weighted by atomic mass is 10.2. The number of nitrogen functional groups attached to an aromatic ring is 1. The first-order valence-electron chi connectivity index (χ1n) is 5.95. The van der Waals surface area contributed by atoms with Crippen molar-refractivity contribution in [1.82, 2.24) is 0 Å². The molecule has 0 unspecified atom stereocenters. The zero-order valence-electron chi connectivity index (χ0n) is 10.4. The van der Waals surface area contributed by atoms with Crippen molar-refractivity contribution in [1.29, 1.82) is 0 Å². The van der Waals surface area contributed by atoms with Crippen LogP contribution in [0.25, 0.3) is 0 Å². The van der Waals surface area contributed by atoms with E-state index in [1.165, 1.54) is 6.07 Å². The molecular formula is C13H11N5O2. The highest BCUT2D eigenvalue weighted by atomic mass is 16.6. The monoisotopic (exact) mass is 269 g/mol. The Morgan fingerprint density at radius 2 is 1.85 bits per heavy atom. The molecular weight excluding hydrogens is 258 g/mol. The number of fused-ring (bicyclic) bond motifs is 1. The van der Waals surface area contributed by atoms with E-state index in [1.807, 2.05) is 18.2 Å². The van der Waals surface area contributed by atoms with Crippen molar-refractivity contribution in [2.75, 3.05) is 17.7 Å². The van der Waals surface area contributed by atoms with Gasteiger partial charge in [-0.25, -0.2) is 0 Å². The molecule has 7 nitrogen and oxygen atoms in total. The van der Waals surface area contributed by atoms with Crippen LogP contribution in [0, 0.1) is 10.1 Å². The van der Waals surface area contributed by atoms with E-state index >= 15 is 0 Å². The van der Waals surface area contributed by atoms with Gasteiger partial charge in [0.15, 0.2) is 5.36 Å². The quantitative estimate of drug-likeness (QED) is 0.495. The number of non-ortho nitro benzene ring substituents is 1. The molecule has 0 atom stereocenters. The largest absolute Gasteiger partial charge is 0.397 e. The third-order valence-corrected chi connectivity index (χ3v) is 3.01. The second-order valence-corrected chi connectivity index (χ2v) is 4.26. The minimum Gasteiger partial charge on any atom is -0.397 e. The van der Waals surface area contributed by atoms with Gasteiger partial charge in [0.25, 0.3) is 5.69 Å². The number of hydrogen-bond donors (Lipinski definition) is 2. The van der Waals surface area contributed by atoms with Gasteiger partial charge in [0.1, 0.15) is 12.0 Å². The molecule has 1 heterocycles. The van der Waals surface area contributed by atoms with Crippen LogP contribution in [0.3, 0.4) is 0 Å². The maximum absolute atomic E-state index is 10.9. The molecule has 0 bridgehead atoms. The average Bonchev–Trinajstić information content (AvgIpc) is 2.90. The Morgan fingerprint density at radius 3 is 2.60 bits per heavy atom. The summed E-state index contributed by atoms with van der Waals surface area (Å²) < 4.78 is 0. The van der Waals surface area contributed by atoms with Crippen LogP contribution >= 0.6 is 0 Å². The summed E-state index contributed by atoms with van der Waals surface area (Å²) >= 11 is 0. The van der Waals surface area contributed by atoms with E-state index in [2.05, 4.69) is 15.3 Å². The van der Waals surface area contributed by atoms with Crippen LogP contribution in [0.15, 0.2) is 46.4 Å². The molecule has 0 aromatic heterocycles. The van der Waals surface area contributed by atoms with Gasteiger partial charge < -0.3 is 11.1 Å². The third kappa shape index (κ3) is 1.95. The van der Waals surface area contributed by atoms with Gasteiger partial charge in [0.2, 0.25) is 0 Å². The van der Waals surface area contributed by atoms with Crippen LogP contribution in [0.4, 0.5) is 22.7 Å². The van der Waals surface area contributed by atoms with E-state index in [0.29, 0.717) is 22.1 Å². The molecule has 0 radical (unpaired) electrons. The molecule has 2 aromatic rings. The normalized spacial score (nSPS) is 12.2. The number of benzene rings is 2. The van der Waals surface area contributed by atoms with E-state index in [1.54, 1.807) is 12.1 Å². The fourth-order valence-electron chi connectivity index (χ4n) is 2.07. The van der Waals surface area contributed by atoms with E-state index in [9.17, 15) is 10.1 Å². The van der Waals surface area contributed by atoms with Crippen molar-refractivity contribution in [3.63, 3.8) is 0 Å². The van der Waals surface area contributed by atoms with Crippen LogP contribution < -0.4 is 21.8 Å². The van der Waals surface area contributed by atoms with Crippen molar-refractivity contribution < 1.29 is 4.92 Å². The highest BCUT2D eigenvalue weighted by Crippen LogP contribution is 2.21. The minimum absolute atomic E-state index is 0.0344. The van der Waals surface area contributed by atoms with Gasteiger partial charge in [-0.05, 0) is 18.2 Å². The summed E-state index contributed by atoms with van der Waals surface area (Å²) in [5.41, 5.74) is 7.81. The molecule has 3 N–H and O–H groups in total. The molecule has 0 aliphatic carbocycles. The number of nitrogens with zero attached hydrogens (tertiary/aromatic N) is 3. The fraction of sp³-hybridized carbons (Fsp3) is 0.0769. The first-order chi connectivity index (χ1) is 9.66. The minimum atomic E-state index is -0.455. The van der Waals surface area contributed by atoms with Crippen LogP contribution in [0.2, 0.25) is 0 Å².